The van der Waals surface area contributed by atoms with Gasteiger partial charge in [0.15, 0.2) is 0 Å². The molecule has 98 valence electrons. The summed E-state index contributed by atoms with van der Waals surface area (Å²) >= 11 is 0. The highest BCUT2D eigenvalue weighted by Crippen LogP contribution is 2.08. The predicted molar refractivity (Wildman–Crippen MR) is 72.3 cm³/mol. The van der Waals surface area contributed by atoms with Crippen molar-refractivity contribution < 1.29 is 9.53 Å². The third kappa shape index (κ3) is 3.31. The van der Waals surface area contributed by atoms with Gasteiger partial charge in [0, 0.05) is 11.8 Å². The molecule has 0 bridgehead atoms. The fraction of sp³-hybridized carbons (Fsp3) is 0.200. The van der Waals surface area contributed by atoms with E-state index < -0.39 is 0 Å². The molecule has 0 aliphatic rings. The summed E-state index contributed by atoms with van der Waals surface area (Å²) in [7, 11) is 1.36. The van der Waals surface area contributed by atoms with Gasteiger partial charge < -0.3 is 9.72 Å². The first-order chi connectivity index (χ1) is 9.20. The van der Waals surface area contributed by atoms with Crippen molar-refractivity contribution >= 4 is 5.97 Å². The molecular formula is C15H15NO3. The summed E-state index contributed by atoms with van der Waals surface area (Å²) in [4.78, 5) is 25.4. The Morgan fingerprint density at radius 1 is 1.16 bits per heavy atom. The number of aryl methyl sites for hydroxylation is 2. The largest absolute Gasteiger partial charge is 0.465 e. The van der Waals surface area contributed by atoms with Crippen molar-refractivity contribution in [1.29, 1.82) is 0 Å². The number of ether oxygens (including phenoxy) is 1. The molecule has 0 fully saturated rings. The lowest BCUT2D eigenvalue weighted by molar-refractivity contribution is 0.0600. The number of H-pyrrole nitrogens is 1. The molecule has 0 aliphatic heterocycles. The van der Waals surface area contributed by atoms with Crippen LogP contribution in [0.1, 0.15) is 21.5 Å². The molecule has 0 amide bonds. The first-order valence-corrected chi connectivity index (χ1v) is 6.04. The lowest BCUT2D eigenvalue weighted by Crippen LogP contribution is -2.11. The van der Waals surface area contributed by atoms with E-state index in [1.165, 1.54) is 7.11 Å². The van der Waals surface area contributed by atoms with Gasteiger partial charge in [-0.15, -0.1) is 0 Å². The Labute approximate surface area is 111 Å². The van der Waals surface area contributed by atoms with Gasteiger partial charge in [0.2, 0.25) is 0 Å². The smallest absolute Gasteiger partial charge is 0.337 e. The average Bonchev–Trinajstić information content (AvgIpc) is 2.46. The van der Waals surface area contributed by atoms with E-state index in [0.29, 0.717) is 12.0 Å². The molecule has 4 nitrogen and oxygen atoms in total. The summed E-state index contributed by atoms with van der Waals surface area (Å²) in [5.41, 5.74) is 2.33. The second-order valence-electron chi connectivity index (χ2n) is 4.21. The molecule has 2 rings (SSSR count). The number of nitrogens with one attached hydrogen (secondary N) is 1. The van der Waals surface area contributed by atoms with Gasteiger partial charge in [-0.05, 0) is 36.6 Å². The van der Waals surface area contributed by atoms with Gasteiger partial charge in [0.1, 0.15) is 0 Å². The third-order valence-electron chi connectivity index (χ3n) is 2.96. The summed E-state index contributed by atoms with van der Waals surface area (Å²) in [6, 6.07) is 10.9. The third-order valence-corrected chi connectivity index (χ3v) is 2.96. The maximum atomic E-state index is 11.5. The van der Waals surface area contributed by atoms with E-state index in [2.05, 4.69) is 9.72 Å². The highest BCUT2D eigenvalue weighted by atomic mass is 16.5. The van der Waals surface area contributed by atoms with Gasteiger partial charge in [-0.2, -0.15) is 0 Å². The standard InChI is InChI=1S/C15H15NO3/c1-19-15(18)13-8-5-11(6-9-13)4-7-12-3-2-10-16-14(12)17/h2-3,5-6,8-10H,4,7H2,1H3,(H,16,17). The molecule has 0 saturated heterocycles. The van der Waals surface area contributed by atoms with Crippen molar-refractivity contribution in [2.24, 2.45) is 0 Å². The summed E-state index contributed by atoms with van der Waals surface area (Å²) in [5, 5.41) is 0. The molecule has 0 spiro atoms. The van der Waals surface area contributed by atoms with Crippen molar-refractivity contribution in [2.45, 2.75) is 12.8 Å². The molecular weight excluding hydrogens is 242 g/mol. The lowest BCUT2D eigenvalue weighted by Gasteiger charge is -2.03. The molecule has 1 N–H and O–H groups in total. The summed E-state index contributed by atoms with van der Waals surface area (Å²) < 4.78 is 4.64. The Kier molecular flexibility index (Phi) is 4.13. The van der Waals surface area contributed by atoms with Crippen molar-refractivity contribution in [3.05, 3.63) is 69.6 Å². The van der Waals surface area contributed by atoms with Crippen LogP contribution in [0.25, 0.3) is 0 Å². The first-order valence-electron chi connectivity index (χ1n) is 6.04. The van der Waals surface area contributed by atoms with Crippen molar-refractivity contribution in [1.82, 2.24) is 4.98 Å². The summed E-state index contributed by atoms with van der Waals surface area (Å²) in [6.45, 7) is 0. The lowest BCUT2D eigenvalue weighted by atomic mass is 10.0. The number of hydrogen-bond donors (Lipinski definition) is 1. The van der Waals surface area contributed by atoms with Crippen LogP contribution in [0.15, 0.2) is 47.4 Å². The summed E-state index contributed by atoms with van der Waals surface area (Å²) in [6.07, 6.45) is 3.05. The fourth-order valence-electron chi connectivity index (χ4n) is 1.86. The highest BCUT2D eigenvalue weighted by Gasteiger charge is 2.05. The van der Waals surface area contributed by atoms with Crippen LogP contribution in [0, 0.1) is 0 Å². The quantitative estimate of drug-likeness (QED) is 0.852. The zero-order valence-corrected chi connectivity index (χ0v) is 10.7. The molecule has 19 heavy (non-hydrogen) atoms. The van der Waals surface area contributed by atoms with Crippen LogP contribution in [0.5, 0.6) is 0 Å². The normalized spacial score (nSPS) is 10.2. The second kappa shape index (κ2) is 6.00. The molecule has 0 saturated carbocycles. The SMILES string of the molecule is COC(=O)c1ccc(CCc2ccc[nH]c2=O)cc1. The topological polar surface area (TPSA) is 59.2 Å². The van der Waals surface area contributed by atoms with Gasteiger partial charge in [0.25, 0.3) is 5.56 Å². The number of pyridine rings is 1. The van der Waals surface area contributed by atoms with Crippen molar-refractivity contribution in [3.8, 4) is 0 Å². The molecule has 1 aromatic carbocycles. The fourth-order valence-corrected chi connectivity index (χ4v) is 1.86. The first kappa shape index (κ1) is 13.1. The average molecular weight is 257 g/mol. The number of esters is 1. The van der Waals surface area contributed by atoms with Gasteiger partial charge >= 0.3 is 5.97 Å². The molecule has 0 aliphatic carbocycles. The number of rotatable bonds is 4. The molecule has 0 unspecified atom stereocenters. The number of carbonyl (C=O) groups excluding carboxylic acids is 1. The van der Waals surface area contributed by atoms with Gasteiger partial charge in [-0.3, -0.25) is 4.79 Å². The maximum absolute atomic E-state index is 11.5. The number of methoxy groups -OCH3 is 1. The van der Waals surface area contributed by atoms with Gasteiger partial charge in [-0.25, -0.2) is 4.79 Å². The van der Waals surface area contributed by atoms with E-state index in [1.54, 1.807) is 18.3 Å². The van der Waals surface area contributed by atoms with E-state index in [-0.39, 0.29) is 11.5 Å². The Morgan fingerprint density at radius 2 is 1.89 bits per heavy atom. The zero-order valence-electron chi connectivity index (χ0n) is 10.7. The van der Waals surface area contributed by atoms with Gasteiger partial charge in [-0.1, -0.05) is 18.2 Å². The maximum Gasteiger partial charge on any atom is 0.337 e. The van der Waals surface area contributed by atoms with Crippen LogP contribution < -0.4 is 5.56 Å². The second-order valence-corrected chi connectivity index (χ2v) is 4.21. The minimum absolute atomic E-state index is 0.0475. The Bertz CT molecular complexity index is 614. The van der Waals surface area contributed by atoms with Crippen LogP contribution in [-0.4, -0.2) is 18.1 Å². The molecule has 2 aromatic rings. The Balaban J connectivity index is 2.03. The minimum Gasteiger partial charge on any atom is -0.465 e. The molecule has 0 atom stereocenters. The molecule has 0 radical (unpaired) electrons. The Morgan fingerprint density at radius 3 is 2.53 bits per heavy atom. The molecule has 1 heterocycles. The number of benzene rings is 1. The molecule has 4 heteroatoms. The van der Waals surface area contributed by atoms with Crippen LogP contribution >= 0.6 is 0 Å². The van der Waals surface area contributed by atoms with Crippen LogP contribution in [0.2, 0.25) is 0 Å². The summed E-state index contributed by atoms with van der Waals surface area (Å²) in [5.74, 6) is -0.342. The van der Waals surface area contributed by atoms with Crippen LogP contribution in [0.4, 0.5) is 0 Å². The highest BCUT2D eigenvalue weighted by molar-refractivity contribution is 5.89. The minimum atomic E-state index is -0.342. The van der Waals surface area contributed by atoms with Crippen LogP contribution in [0.3, 0.4) is 0 Å². The van der Waals surface area contributed by atoms with E-state index in [1.807, 2.05) is 24.3 Å². The van der Waals surface area contributed by atoms with E-state index in [4.69, 9.17) is 0 Å². The van der Waals surface area contributed by atoms with E-state index >= 15 is 0 Å². The predicted octanol–water partition coefficient (Wildman–Crippen LogP) is 1.95. The van der Waals surface area contributed by atoms with E-state index in [0.717, 1.165) is 17.5 Å². The van der Waals surface area contributed by atoms with E-state index in [9.17, 15) is 9.59 Å². The van der Waals surface area contributed by atoms with Crippen molar-refractivity contribution in [2.75, 3.05) is 7.11 Å². The van der Waals surface area contributed by atoms with Crippen molar-refractivity contribution in [3.63, 3.8) is 0 Å². The van der Waals surface area contributed by atoms with Gasteiger partial charge in [0.05, 0.1) is 12.7 Å². The molecule has 1 aromatic heterocycles. The number of aromatic amines is 1. The zero-order chi connectivity index (χ0) is 13.7. The number of carbonyl (C=O) groups is 1. The Hall–Kier alpha value is -2.36. The monoisotopic (exact) mass is 257 g/mol. The van der Waals surface area contributed by atoms with Crippen LogP contribution in [-0.2, 0) is 17.6 Å². The number of aromatic nitrogens is 1. The number of hydrogen-bond acceptors (Lipinski definition) is 3.